The highest BCUT2D eigenvalue weighted by molar-refractivity contribution is 7.89. The summed E-state index contributed by atoms with van der Waals surface area (Å²) in [4.78, 5) is 4.31. The summed E-state index contributed by atoms with van der Waals surface area (Å²) in [6, 6.07) is 9.27. The first-order valence-corrected chi connectivity index (χ1v) is 9.70. The van der Waals surface area contributed by atoms with Crippen LogP contribution < -0.4 is 4.74 Å². The molecule has 0 amide bonds. The number of nitrogens with zero attached hydrogens (tertiary/aromatic N) is 4. The Morgan fingerprint density at radius 1 is 1.11 bits per heavy atom. The van der Waals surface area contributed by atoms with Crippen LogP contribution in [0.25, 0.3) is 0 Å². The van der Waals surface area contributed by atoms with Crippen LogP contribution in [0.4, 0.5) is 0 Å². The summed E-state index contributed by atoms with van der Waals surface area (Å²) in [6.07, 6.45) is 0.300. The average Bonchev–Trinajstić information content (AvgIpc) is 3.25. The molecule has 0 aliphatic heterocycles. The van der Waals surface area contributed by atoms with E-state index in [9.17, 15) is 8.42 Å². The molecule has 0 N–H and O–H groups in total. The Morgan fingerprint density at radius 2 is 1.85 bits per heavy atom. The predicted molar refractivity (Wildman–Crippen MR) is 94.6 cm³/mol. The van der Waals surface area contributed by atoms with Crippen molar-refractivity contribution in [2.75, 3.05) is 13.6 Å². The molecule has 0 bridgehead atoms. The summed E-state index contributed by atoms with van der Waals surface area (Å²) in [5.74, 6) is 1.69. The van der Waals surface area contributed by atoms with E-state index in [1.54, 1.807) is 13.8 Å². The lowest BCUT2D eigenvalue weighted by Crippen LogP contribution is -2.30. The average molecular weight is 392 g/mol. The number of likely N-dealkylation sites (N-methyl/N-ethyl adjacent to an activating group) is 1. The SMILES string of the molecule is Cc1noc(C)c1S(=O)(=O)N(C)CCc1noc(COc2ccccc2)n1. The molecule has 144 valence electrons. The molecule has 0 saturated heterocycles. The van der Waals surface area contributed by atoms with Gasteiger partial charge in [0, 0.05) is 20.0 Å². The minimum Gasteiger partial charge on any atom is -0.484 e. The highest BCUT2D eigenvalue weighted by atomic mass is 32.2. The maximum Gasteiger partial charge on any atom is 0.264 e. The van der Waals surface area contributed by atoms with E-state index in [1.807, 2.05) is 30.3 Å². The van der Waals surface area contributed by atoms with Gasteiger partial charge in [0.1, 0.15) is 16.3 Å². The van der Waals surface area contributed by atoms with E-state index >= 15 is 0 Å². The second-order valence-corrected chi connectivity index (χ2v) is 7.92. The summed E-state index contributed by atoms with van der Waals surface area (Å²) < 4.78 is 42.2. The second kappa shape index (κ2) is 7.89. The molecule has 0 radical (unpaired) electrons. The molecule has 2 aromatic heterocycles. The molecule has 9 nitrogen and oxygen atoms in total. The molecule has 0 aliphatic rings. The molecule has 1 aromatic carbocycles. The van der Waals surface area contributed by atoms with Gasteiger partial charge in [0.25, 0.3) is 5.89 Å². The van der Waals surface area contributed by atoms with Gasteiger partial charge in [-0.25, -0.2) is 12.7 Å². The number of aryl methyl sites for hydroxylation is 2. The first kappa shape index (κ1) is 19.1. The molecule has 3 aromatic rings. The van der Waals surface area contributed by atoms with E-state index in [2.05, 4.69) is 15.3 Å². The van der Waals surface area contributed by atoms with Crippen molar-refractivity contribution in [3.05, 3.63) is 53.5 Å². The van der Waals surface area contributed by atoms with Crippen LogP contribution in [0.3, 0.4) is 0 Å². The third-order valence-electron chi connectivity index (χ3n) is 3.90. The molecule has 10 heteroatoms. The smallest absolute Gasteiger partial charge is 0.264 e. The molecule has 0 saturated carbocycles. The van der Waals surface area contributed by atoms with Gasteiger partial charge < -0.3 is 13.8 Å². The fourth-order valence-electron chi connectivity index (χ4n) is 2.49. The van der Waals surface area contributed by atoms with Crippen molar-refractivity contribution in [2.24, 2.45) is 0 Å². The number of rotatable bonds is 8. The maximum atomic E-state index is 12.7. The third-order valence-corrected chi connectivity index (χ3v) is 6.00. The van der Waals surface area contributed by atoms with Crippen LogP contribution in [0.1, 0.15) is 23.2 Å². The van der Waals surface area contributed by atoms with Crippen LogP contribution in [0.5, 0.6) is 5.75 Å². The van der Waals surface area contributed by atoms with E-state index < -0.39 is 10.0 Å². The Balaban J connectivity index is 1.58. The van der Waals surface area contributed by atoms with E-state index in [4.69, 9.17) is 13.8 Å². The van der Waals surface area contributed by atoms with Crippen LogP contribution in [0.15, 0.2) is 44.3 Å². The summed E-state index contributed by atoms with van der Waals surface area (Å²) >= 11 is 0. The zero-order valence-corrected chi connectivity index (χ0v) is 16.1. The lowest BCUT2D eigenvalue weighted by atomic mass is 10.3. The zero-order chi connectivity index (χ0) is 19.4. The normalized spacial score (nSPS) is 11.9. The fraction of sp³-hybridized carbons (Fsp3) is 0.353. The molecule has 0 atom stereocenters. The van der Waals surface area contributed by atoms with Crippen LogP contribution in [0.2, 0.25) is 0 Å². The van der Waals surface area contributed by atoms with Gasteiger partial charge in [-0.05, 0) is 26.0 Å². The molecule has 0 fully saturated rings. The number of aromatic nitrogens is 3. The summed E-state index contributed by atoms with van der Waals surface area (Å²) in [7, 11) is -2.21. The van der Waals surface area contributed by atoms with E-state index in [1.165, 1.54) is 11.4 Å². The van der Waals surface area contributed by atoms with Gasteiger partial charge in [0.2, 0.25) is 10.0 Å². The highest BCUT2D eigenvalue weighted by Gasteiger charge is 2.28. The summed E-state index contributed by atoms with van der Waals surface area (Å²) in [5.41, 5.74) is 0.333. The lowest BCUT2D eigenvalue weighted by molar-refractivity contribution is 0.242. The van der Waals surface area contributed by atoms with E-state index in [0.29, 0.717) is 29.6 Å². The molecular weight excluding hydrogens is 372 g/mol. The number of para-hydroxylation sites is 1. The summed E-state index contributed by atoms with van der Waals surface area (Å²) in [6.45, 7) is 3.49. The molecule has 0 unspecified atom stereocenters. The first-order valence-electron chi connectivity index (χ1n) is 8.26. The number of ether oxygens (including phenoxy) is 1. The van der Waals surface area contributed by atoms with Crippen molar-refractivity contribution in [1.82, 2.24) is 19.6 Å². The maximum absolute atomic E-state index is 12.7. The minimum absolute atomic E-state index is 0.0927. The number of sulfonamides is 1. The Morgan fingerprint density at radius 3 is 2.52 bits per heavy atom. The first-order chi connectivity index (χ1) is 12.9. The second-order valence-electron chi connectivity index (χ2n) is 5.94. The molecule has 0 spiro atoms. The van der Waals surface area contributed by atoms with Crippen molar-refractivity contribution >= 4 is 10.0 Å². The quantitative estimate of drug-likeness (QED) is 0.573. The lowest BCUT2D eigenvalue weighted by Gasteiger charge is -2.15. The molecule has 27 heavy (non-hydrogen) atoms. The minimum atomic E-state index is -3.70. The summed E-state index contributed by atoms with van der Waals surface area (Å²) in [5, 5.41) is 7.56. The molecule has 3 rings (SSSR count). The number of hydrogen-bond acceptors (Lipinski definition) is 8. The van der Waals surface area contributed by atoms with Crippen LogP contribution in [0, 0.1) is 13.8 Å². The standard InChI is InChI=1S/C17H20N4O5S/c1-12-17(13(2)25-19-12)27(22,23)21(3)10-9-15-18-16(26-20-15)11-24-14-7-5-4-6-8-14/h4-8H,9-11H2,1-3H3. The number of hydrogen-bond donors (Lipinski definition) is 0. The Hall–Kier alpha value is -2.72. The van der Waals surface area contributed by atoms with Crippen molar-refractivity contribution in [2.45, 2.75) is 31.8 Å². The van der Waals surface area contributed by atoms with Gasteiger partial charge in [-0.2, -0.15) is 4.98 Å². The Labute approximate surface area is 157 Å². The van der Waals surface area contributed by atoms with Gasteiger partial charge in [-0.3, -0.25) is 0 Å². The largest absolute Gasteiger partial charge is 0.484 e. The van der Waals surface area contributed by atoms with Crippen molar-refractivity contribution in [3.63, 3.8) is 0 Å². The van der Waals surface area contributed by atoms with Crippen LogP contribution in [-0.4, -0.2) is 41.6 Å². The van der Waals surface area contributed by atoms with Crippen molar-refractivity contribution < 1.29 is 22.2 Å². The Kier molecular flexibility index (Phi) is 5.57. The van der Waals surface area contributed by atoms with Crippen molar-refractivity contribution in [1.29, 1.82) is 0 Å². The third kappa shape index (κ3) is 4.34. The molecular formula is C17H20N4O5S. The van der Waals surface area contributed by atoms with Gasteiger partial charge in [-0.15, -0.1) is 0 Å². The highest BCUT2D eigenvalue weighted by Crippen LogP contribution is 2.22. The van der Waals surface area contributed by atoms with Crippen LogP contribution in [-0.2, 0) is 23.1 Å². The predicted octanol–water partition coefficient (Wildman–Crippen LogP) is 2.12. The van der Waals surface area contributed by atoms with Gasteiger partial charge in [0.15, 0.2) is 18.2 Å². The fourth-order valence-corrected chi connectivity index (χ4v) is 3.94. The van der Waals surface area contributed by atoms with Crippen molar-refractivity contribution in [3.8, 4) is 5.75 Å². The zero-order valence-electron chi connectivity index (χ0n) is 15.2. The molecule has 0 aliphatic carbocycles. The monoisotopic (exact) mass is 392 g/mol. The van der Waals surface area contributed by atoms with E-state index in [-0.39, 0.29) is 23.8 Å². The van der Waals surface area contributed by atoms with Gasteiger partial charge in [-0.1, -0.05) is 28.5 Å². The topological polar surface area (TPSA) is 112 Å². The van der Waals surface area contributed by atoms with E-state index in [0.717, 1.165) is 0 Å². The Bertz CT molecular complexity index is 978. The number of benzene rings is 1. The molecule has 2 heterocycles. The van der Waals surface area contributed by atoms with Gasteiger partial charge >= 0.3 is 0 Å². The van der Waals surface area contributed by atoms with Gasteiger partial charge in [0.05, 0.1) is 0 Å². The van der Waals surface area contributed by atoms with Crippen LogP contribution >= 0.6 is 0 Å².